The van der Waals surface area contributed by atoms with Gasteiger partial charge in [-0.15, -0.1) is 0 Å². The zero-order chi connectivity index (χ0) is 9.84. The van der Waals surface area contributed by atoms with E-state index in [0.717, 1.165) is 0 Å². The first-order chi connectivity index (χ1) is 6.16. The molecule has 0 saturated heterocycles. The third-order valence-corrected chi connectivity index (χ3v) is 1.46. The van der Waals surface area contributed by atoms with E-state index >= 15 is 0 Å². The first kappa shape index (κ1) is 58.1. The molecule has 0 atom stereocenters. The van der Waals surface area contributed by atoms with Crippen molar-refractivity contribution in [2.45, 2.75) is 0 Å². The molecule has 14 heteroatoms. The van der Waals surface area contributed by atoms with Crippen LogP contribution in [0.1, 0.15) is 20.7 Å². The summed E-state index contributed by atoms with van der Waals surface area (Å²) in [5, 5.41) is 16.7. The molecule has 22 heavy (non-hydrogen) atoms. The normalized spacial score (nSPS) is 5.50. The maximum absolute atomic E-state index is 10.8. The molecule has 132 valence electrons. The summed E-state index contributed by atoms with van der Waals surface area (Å²) in [7, 11) is 0. The minimum absolute atomic E-state index is 0. The smallest absolute Gasteiger partial charge is 1.00 e. The number of hydrogen-bond donors (Lipinski definition) is 2. The molecule has 1 aromatic rings. The molecule has 0 fully saturated rings. The Bertz CT molecular complexity index is 366. The number of carbonyl (C=O) groups excluding carboxylic acids is 1. The van der Waals surface area contributed by atoms with Gasteiger partial charge in [-0.3, -0.25) is 4.89 Å². The van der Waals surface area contributed by atoms with Gasteiger partial charge in [0.1, 0.15) is 0 Å². The van der Waals surface area contributed by atoms with Crippen molar-refractivity contribution in [2.75, 3.05) is 0 Å². The minimum Gasteiger partial charge on any atom is -1.00 e. The van der Waals surface area contributed by atoms with Gasteiger partial charge in [0.2, 0.25) is 0 Å². The molecule has 0 spiro atoms. The summed E-state index contributed by atoms with van der Waals surface area (Å²) in [6.07, 6.45) is 0. The molecule has 0 aliphatic heterocycles. The summed E-state index contributed by atoms with van der Waals surface area (Å²) >= 11 is 0. The number of halogens is 2. The third-order valence-electron chi connectivity index (χ3n) is 1.46. The molecule has 11 nitrogen and oxygen atoms in total. The topological polar surface area (TPSA) is 273 Å². The maximum Gasteiger partial charge on any atom is 2.00 e. The number of benzene rings is 1. The van der Waals surface area contributed by atoms with E-state index in [1.54, 1.807) is 0 Å². The van der Waals surface area contributed by atoms with Crippen LogP contribution in [0.25, 0.3) is 0 Å². The monoisotopic (exact) mass is 384 g/mol. The summed E-state index contributed by atoms with van der Waals surface area (Å²) in [6.45, 7) is 0. The fourth-order valence-corrected chi connectivity index (χ4v) is 0.897. The second-order valence-corrected chi connectivity index (χ2v) is 2.23. The Hall–Kier alpha value is -0.774. The predicted octanol–water partition coefficient (Wildman–Crippen LogP) is -10.3. The largest absolute Gasteiger partial charge is 2.00 e. The van der Waals surface area contributed by atoms with Crippen molar-refractivity contribution >= 4 is 35.0 Å². The van der Waals surface area contributed by atoms with E-state index in [4.69, 9.17) is 10.4 Å². The number of carbonyl (C=O) groups is 2. The molecule has 0 aromatic heterocycles. The first-order valence-electron chi connectivity index (χ1n) is 3.35. The Morgan fingerprint density at radius 2 is 1.14 bits per heavy atom. The molecule has 0 bridgehead atoms. The molecule has 1 rings (SSSR count). The van der Waals surface area contributed by atoms with Gasteiger partial charge in [0.25, 0.3) is 0 Å². The Labute approximate surface area is 153 Å². The van der Waals surface area contributed by atoms with E-state index in [-0.39, 0.29) is 91.9 Å². The average Bonchev–Trinajstić information content (AvgIpc) is 2.16. The zero-order valence-corrected chi connectivity index (χ0v) is 13.8. The molecule has 0 heterocycles. The molecule has 0 radical (unpaired) electrons. The van der Waals surface area contributed by atoms with Gasteiger partial charge in [-0.25, -0.2) is 9.59 Å². The number of rotatable bonds is 2. The number of carboxylic acids is 1. The molecule has 14 N–H and O–H groups in total. The second kappa shape index (κ2) is 28.4. The summed E-state index contributed by atoms with van der Waals surface area (Å²) in [5.41, 5.74) is -0.390. The van der Waals surface area contributed by atoms with Crippen molar-refractivity contribution in [2.24, 2.45) is 0 Å². The van der Waals surface area contributed by atoms with E-state index in [1.807, 2.05) is 0 Å². The molecule has 0 saturated carbocycles. The van der Waals surface area contributed by atoms with Crippen LogP contribution in [0.4, 0.5) is 0 Å². The molecule has 0 aliphatic carbocycles. The van der Waals surface area contributed by atoms with Crippen molar-refractivity contribution < 1.29 is 82.5 Å². The van der Waals surface area contributed by atoms with Gasteiger partial charge in [-0.2, -0.15) is 5.26 Å². The Balaban J connectivity index is -0.0000000268. The van der Waals surface area contributed by atoms with Crippen LogP contribution in [0.2, 0.25) is 0 Å². The van der Waals surface area contributed by atoms with E-state index < -0.39 is 11.9 Å². The second-order valence-electron chi connectivity index (χ2n) is 2.23. The van der Waals surface area contributed by atoms with Gasteiger partial charge in [0, 0.05) is 0 Å². The third kappa shape index (κ3) is 15.6. The Morgan fingerprint density at radius 3 is 1.41 bits per heavy atom. The summed E-state index contributed by atoms with van der Waals surface area (Å²) in [5.74, 6) is -2.33. The van der Waals surface area contributed by atoms with Crippen molar-refractivity contribution in [1.29, 1.82) is 0 Å². The van der Waals surface area contributed by atoms with Crippen LogP contribution in [0.5, 0.6) is 0 Å². The van der Waals surface area contributed by atoms with Gasteiger partial charge in [0.15, 0.2) is 0 Å². The van der Waals surface area contributed by atoms with Gasteiger partial charge < -0.3 is 62.8 Å². The van der Waals surface area contributed by atoms with Crippen LogP contribution >= 0.6 is 0 Å². The fourth-order valence-electron chi connectivity index (χ4n) is 0.897. The van der Waals surface area contributed by atoms with E-state index in [2.05, 4.69) is 4.89 Å². The summed E-state index contributed by atoms with van der Waals surface area (Å²) in [4.78, 5) is 24.8. The molecular weight excluding hydrogens is 367 g/mol. The quantitative estimate of drug-likeness (QED) is 0.284. The zero-order valence-electron chi connectivity index (χ0n) is 10.9. The molecule has 1 aromatic carbocycles. The van der Waals surface area contributed by atoms with Crippen molar-refractivity contribution in [3.05, 3.63) is 35.4 Å². The maximum atomic E-state index is 10.8. The van der Waals surface area contributed by atoms with Crippen molar-refractivity contribution in [3.8, 4) is 0 Å². The van der Waals surface area contributed by atoms with Gasteiger partial charge >= 0.3 is 35.0 Å². The molecular formula is C8H18Cl2MgO11. The van der Waals surface area contributed by atoms with Crippen LogP contribution < -0.4 is 24.8 Å². The van der Waals surface area contributed by atoms with Gasteiger partial charge in [-0.05, 0) is 12.1 Å². The first-order valence-corrected chi connectivity index (χ1v) is 3.35. The Kier molecular flexibility index (Phi) is 75.0. The number of carboxylic acid groups (broad SMARTS) is 1. The molecule has 0 aliphatic rings. The Morgan fingerprint density at radius 1 is 0.818 bits per heavy atom. The number of aromatic carboxylic acids is 1. The van der Waals surface area contributed by atoms with Crippen LogP contribution in [0.15, 0.2) is 24.3 Å². The fraction of sp³-hybridized carbons (Fsp3) is 0. The molecule has 0 amide bonds. The molecule has 0 unspecified atom stereocenters. The number of hydrogen-bond acceptors (Lipinski definition) is 4. The van der Waals surface area contributed by atoms with Crippen LogP contribution in [-0.2, 0) is 4.89 Å². The summed E-state index contributed by atoms with van der Waals surface area (Å²) < 4.78 is 0. The van der Waals surface area contributed by atoms with E-state index in [0.29, 0.717) is 0 Å². The predicted molar refractivity (Wildman–Crippen MR) is 68.9 cm³/mol. The van der Waals surface area contributed by atoms with E-state index in [9.17, 15) is 9.59 Å². The minimum atomic E-state index is -1.25. The van der Waals surface area contributed by atoms with Crippen molar-refractivity contribution in [3.63, 3.8) is 0 Å². The van der Waals surface area contributed by atoms with Crippen LogP contribution in [0.3, 0.4) is 0 Å². The van der Waals surface area contributed by atoms with Gasteiger partial charge in [0.05, 0.1) is 11.1 Å². The average molecular weight is 385 g/mol. The van der Waals surface area contributed by atoms with E-state index in [1.165, 1.54) is 24.3 Å². The van der Waals surface area contributed by atoms with Gasteiger partial charge in [-0.1, -0.05) is 12.1 Å². The van der Waals surface area contributed by atoms with Crippen molar-refractivity contribution in [1.82, 2.24) is 0 Å². The van der Waals surface area contributed by atoms with Crippen LogP contribution in [0, 0.1) is 0 Å². The summed E-state index contributed by atoms with van der Waals surface area (Å²) in [6, 6.07) is 5.44. The van der Waals surface area contributed by atoms with Crippen LogP contribution in [-0.4, -0.2) is 78.2 Å². The SMILES string of the molecule is O.O.O.O.O.O.O=C(O)c1ccccc1C(=O)OO.[Cl-].[Cl-].[Mg+2]. The standard InChI is InChI=1S/C8H6O5.2ClH.Mg.6H2O/c9-7(10)5-3-1-2-4-6(5)8(11)13-12;;;;;;;;;/h1-4,12H,(H,9,10);2*1H;;6*1H2/q;;;+2;;;;;;/p-2.